The van der Waals surface area contributed by atoms with Crippen LogP contribution in [0.4, 0.5) is 51.2 Å². The maximum Gasteiger partial charge on any atom is 0.252 e. The highest BCUT2D eigenvalue weighted by Gasteiger charge is 2.46. The van der Waals surface area contributed by atoms with Crippen molar-refractivity contribution in [3.05, 3.63) is 321 Å². The zero-order valence-corrected chi connectivity index (χ0v) is 47.3. The van der Waals surface area contributed by atoms with E-state index in [1.807, 2.05) is 0 Å². The van der Waals surface area contributed by atoms with Gasteiger partial charge in [0.2, 0.25) is 0 Å². The van der Waals surface area contributed by atoms with Crippen molar-refractivity contribution < 1.29 is 0 Å². The first-order valence-electron chi connectivity index (χ1n) is 29.4. The van der Waals surface area contributed by atoms with Gasteiger partial charge in [-0.15, -0.1) is 0 Å². The Hall–Kier alpha value is -10.9. The molecule has 85 heavy (non-hydrogen) atoms. The number of anilines is 9. The summed E-state index contributed by atoms with van der Waals surface area (Å²) in [4.78, 5) is 7.71. The Morgan fingerprint density at radius 3 is 1.09 bits per heavy atom. The molecule has 16 rings (SSSR count). The van der Waals surface area contributed by atoms with E-state index in [4.69, 9.17) is 0 Å². The van der Waals surface area contributed by atoms with Gasteiger partial charge < -0.3 is 19.3 Å². The lowest BCUT2D eigenvalue weighted by atomic mass is 9.33. The number of rotatable bonds is 10. The van der Waals surface area contributed by atoms with Gasteiger partial charge in [-0.1, -0.05) is 212 Å². The molecule has 0 amide bonds. The van der Waals surface area contributed by atoms with E-state index in [9.17, 15) is 0 Å². The monoisotopic (exact) mass is 1080 g/mol. The smallest absolute Gasteiger partial charge is 0.252 e. The zero-order chi connectivity index (χ0) is 56.5. The van der Waals surface area contributed by atoms with Gasteiger partial charge in [0, 0.05) is 72.8 Å². The van der Waals surface area contributed by atoms with Crippen LogP contribution in [-0.2, 0) is 0 Å². The summed E-state index contributed by atoms with van der Waals surface area (Å²) in [5.74, 6) is 0. The van der Waals surface area contributed by atoms with Gasteiger partial charge in [0.25, 0.3) is 6.71 Å². The van der Waals surface area contributed by atoms with Gasteiger partial charge in [-0.2, -0.15) is 0 Å². The van der Waals surface area contributed by atoms with E-state index in [-0.39, 0.29) is 6.71 Å². The van der Waals surface area contributed by atoms with E-state index in [2.05, 4.69) is 342 Å². The maximum absolute atomic E-state index is 2.66. The summed E-state index contributed by atoms with van der Waals surface area (Å²) in [7, 11) is 0. The molecule has 14 aromatic rings. The fourth-order valence-electron chi connectivity index (χ4n) is 13.9. The lowest BCUT2D eigenvalue weighted by molar-refractivity contribution is 1.16. The highest BCUT2D eigenvalue weighted by molar-refractivity contribution is 7.00. The lowest BCUT2D eigenvalue weighted by Crippen LogP contribution is -2.61. The average Bonchev–Trinajstić information content (AvgIpc) is 1.18. The Morgan fingerprint density at radius 2 is 0.659 bits per heavy atom. The Balaban J connectivity index is 1.10. The van der Waals surface area contributed by atoms with Crippen molar-refractivity contribution in [2.24, 2.45) is 0 Å². The Bertz CT molecular complexity index is 4620. The summed E-state index contributed by atoms with van der Waals surface area (Å²) in [5.41, 5.74) is 28.7. The molecular weight excluding hydrogens is 1030 g/mol. The van der Waals surface area contributed by atoms with Gasteiger partial charge in [-0.05, 0) is 161 Å². The van der Waals surface area contributed by atoms with Crippen molar-refractivity contribution in [1.82, 2.24) is 4.57 Å². The Labute approximate surface area is 497 Å². The van der Waals surface area contributed by atoms with Crippen LogP contribution < -0.4 is 31.1 Å². The topological polar surface area (TPSA) is 14.7 Å². The third kappa shape index (κ3) is 8.30. The second-order valence-corrected chi connectivity index (χ2v) is 22.6. The summed E-state index contributed by atoms with van der Waals surface area (Å²) < 4.78 is 2.51. The molecule has 4 nitrogen and oxygen atoms in total. The number of hydrogen-bond donors (Lipinski definition) is 0. The minimum Gasteiger partial charge on any atom is -0.311 e. The molecule has 13 aromatic carbocycles. The maximum atomic E-state index is 2.66. The van der Waals surface area contributed by atoms with Crippen molar-refractivity contribution in [2.75, 3.05) is 14.7 Å². The van der Waals surface area contributed by atoms with E-state index in [0.717, 1.165) is 112 Å². The van der Waals surface area contributed by atoms with Gasteiger partial charge in [0.05, 0.1) is 28.1 Å². The first-order valence-corrected chi connectivity index (χ1v) is 29.4. The predicted molar refractivity (Wildman–Crippen MR) is 361 cm³/mol. The molecule has 0 fully saturated rings. The summed E-state index contributed by atoms with van der Waals surface area (Å²) in [6.45, 7) is 4.28. The first-order chi connectivity index (χ1) is 42.0. The molecule has 400 valence electrons. The molecule has 0 unspecified atom stereocenters. The van der Waals surface area contributed by atoms with Crippen LogP contribution in [0.1, 0.15) is 11.1 Å². The third-order valence-corrected chi connectivity index (χ3v) is 17.4. The predicted octanol–water partition coefficient (Wildman–Crippen LogP) is 19.6. The number of para-hydroxylation sites is 5. The van der Waals surface area contributed by atoms with Gasteiger partial charge in [0.15, 0.2) is 0 Å². The fraction of sp³-hybridized carbons (Fsp3) is 0.0250. The largest absolute Gasteiger partial charge is 0.311 e. The Kier molecular flexibility index (Phi) is 12.1. The average molecular weight is 1090 g/mol. The second kappa shape index (κ2) is 20.5. The quantitative estimate of drug-likeness (QED) is 0.127. The molecule has 5 heteroatoms. The molecule has 0 N–H and O–H groups in total. The first kappa shape index (κ1) is 49.9. The van der Waals surface area contributed by atoms with Crippen molar-refractivity contribution in [3.63, 3.8) is 0 Å². The summed E-state index contributed by atoms with van der Waals surface area (Å²) >= 11 is 0. The van der Waals surface area contributed by atoms with Crippen LogP contribution in [0.3, 0.4) is 0 Å². The van der Waals surface area contributed by atoms with E-state index in [1.165, 1.54) is 38.3 Å². The van der Waals surface area contributed by atoms with Crippen LogP contribution in [0.5, 0.6) is 0 Å². The van der Waals surface area contributed by atoms with Crippen LogP contribution in [0, 0.1) is 13.8 Å². The number of aromatic nitrogens is 1. The van der Waals surface area contributed by atoms with Crippen LogP contribution in [0.25, 0.3) is 72.0 Å². The molecule has 3 heterocycles. The summed E-state index contributed by atoms with van der Waals surface area (Å²) in [6.07, 6.45) is 0. The van der Waals surface area contributed by atoms with Gasteiger partial charge >= 0.3 is 0 Å². The minimum absolute atomic E-state index is 0.208. The number of fused-ring (bicyclic) bond motifs is 7. The standard InChI is InChI=1S/C80H57BN4/c1-54-47-66(56-27-9-3-10-28-56)79(67(48-54)57-29-11-4-12-30-57)84-74-44-26-23-41-70(74)81-71-51-62(82(60-35-17-7-18-36-60)61-37-19-8-20-38-61)45-46-75(71)85(80-68(58-31-13-5-14-32-58)49-55(2)50-69(80)59-33-15-6-16-34-59)77-53-63(52-76(84)78(77)81)83-72-42-24-21-39-64(72)65-40-22-25-43-73(65)83/h3-53H,1-2H3. The molecule has 2 aliphatic heterocycles. The summed E-state index contributed by atoms with van der Waals surface area (Å²) in [5, 5.41) is 2.43. The van der Waals surface area contributed by atoms with Crippen LogP contribution in [-0.4, -0.2) is 11.3 Å². The molecule has 2 aliphatic rings. The zero-order valence-electron chi connectivity index (χ0n) is 47.3. The highest BCUT2D eigenvalue weighted by atomic mass is 15.2. The Morgan fingerprint density at radius 1 is 0.294 bits per heavy atom. The number of benzene rings is 13. The van der Waals surface area contributed by atoms with E-state index < -0.39 is 0 Å². The highest BCUT2D eigenvalue weighted by Crippen LogP contribution is 2.54. The van der Waals surface area contributed by atoms with Crippen molar-refractivity contribution in [2.45, 2.75) is 13.8 Å². The third-order valence-electron chi connectivity index (χ3n) is 17.4. The molecule has 0 atom stereocenters. The summed E-state index contributed by atoms with van der Waals surface area (Å²) in [6, 6.07) is 115. The van der Waals surface area contributed by atoms with Gasteiger partial charge in [-0.25, -0.2) is 0 Å². The van der Waals surface area contributed by atoms with Crippen LogP contribution in [0.15, 0.2) is 309 Å². The molecule has 0 aliphatic carbocycles. The van der Waals surface area contributed by atoms with E-state index in [1.54, 1.807) is 0 Å². The van der Waals surface area contributed by atoms with Gasteiger partial charge in [0.1, 0.15) is 0 Å². The normalized spacial score (nSPS) is 12.3. The number of nitrogens with zero attached hydrogens (tertiary/aromatic N) is 4. The molecule has 0 saturated carbocycles. The molecule has 0 saturated heterocycles. The molecule has 0 radical (unpaired) electrons. The van der Waals surface area contributed by atoms with Crippen molar-refractivity contribution in [3.8, 4) is 50.2 Å². The van der Waals surface area contributed by atoms with Gasteiger partial charge in [-0.3, -0.25) is 0 Å². The van der Waals surface area contributed by atoms with E-state index >= 15 is 0 Å². The second-order valence-electron chi connectivity index (χ2n) is 22.6. The number of hydrogen-bond acceptors (Lipinski definition) is 3. The van der Waals surface area contributed by atoms with Crippen LogP contribution >= 0.6 is 0 Å². The molecule has 0 spiro atoms. The molecule has 0 bridgehead atoms. The van der Waals surface area contributed by atoms with Crippen molar-refractivity contribution >= 4 is 96.1 Å². The number of aryl methyl sites for hydroxylation is 2. The molecule has 1 aromatic heterocycles. The minimum atomic E-state index is -0.208. The molecular formula is C80H57BN4. The fourth-order valence-corrected chi connectivity index (χ4v) is 13.9. The SMILES string of the molecule is Cc1cc(-c2ccccc2)c(N2c3ccccc3B3c4cc(N(c5ccccc5)c5ccccc5)ccc4N(c4c(-c5ccccc5)cc(C)cc4-c4ccccc4)c4cc(-n5c6ccccc6c6ccccc65)cc2c43)c(-c2ccccc2)c1. The van der Waals surface area contributed by atoms with Crippen molar-refractivity contribution in [1.29, 1.82) is 0 Å². The van der Waals surface area contributed by atoms with Crippen LogP contribution in [0.2, 0.25) is 0 Å². The van der Waals surface area contributed by atoms with E-state index in [0.29, 0.717) is 0 Å². The lowest BCUT2D eigenvalue weighted by Gasteiger charge is -2.46.